The maximum Gasteiger partial charge on any atom is 0.333 e. The van der Waals surface area contributed by atoms with E-state index >= 15 is 0 Å². The topological polar surface area (TPSA) is 79.0 Å². The highest BCUT2D eigenvalue weighted by atomic mass is 16.5. The van der Waals surface area contributed by atoms with Crippen molar-refractivity contribution >= 4 is 17.8 Å². The van der Waals surface area contributed by atoms with Crippen LogP contribution in [-0.4, -0.2) is 72.0 Å². The molecule has 1 unspecified atom stereocenters. The number of nitrogens with one attached hydrogen (secondary N) is 1. The van der Waals surface area contributed by atoms with Crippen LogP contribution in [0, 0.1) is 11.3 Å². The highest BCUT2D eigenvalue weighted by molar-refractivity contribution is 5.91. The predicted octanol–water partition coefficient (Wildman–Crippen LogP) is 4.55. The molecule has 5 atom stereocenters. The molecule has 0 aliphatic carbocycles. The average Bonchev–Trinajstić information content (AvgIpc) is 2.82. The standard InChI is InChI=1S/C28H51N3O4/c1-11-19(4)23(18-20(5)27(34)35-13-3)30(10)26(33)24(28(7,8)9)29-25(32)22-16-14-15-17-31(22)21(6)12-2/h18-19,21-24H,11-17H2,1-10H3,(H,29,32)/b20-18+/t19-,21?,22+,23+,24+/m0/s1. The number of piperidine rings is 1. The molecule has 0 spiro atoms. The summed E-state index contributed by atoms with van der Waals surface area (Å²) < 4.78 is 5.15. The van der Waals surface area contributed by atoms with Gasteiger partial charge in [0.1, 0.15) is 6.04 Å². The first kappa shape index (κ1) is 31.1. The number of carbonyl (C=O) groups excluding carboxylic acids is 3. The van der Waals surface area contributed by atoms with Crippen molar-refractivity contribution in [1.82, 2.24) is 15.1 Å². The van der Waals surface area contributed by atoms with Crippen LogP contribution in [0.1, 0.15) is 94.4 Å². The Kier molecular flexibility index (Phi) is 12.5. The fourth-order valence-electron chi connectivity index (χ4n) is 4.70. The molecular formula is C28H51N3O4. The molecule has 0 aromatic rings. The van der Waals surface area contributed by atoms with Gasteiger partial charge in [-0.05, 0) is 57.9 Å². The maximum absolute atomic E-state index is 13.9. The Morgan fingerprint density at radius 3 is 2.26 bits per heavy atom. The lowest BCUT2D eigenvalue weighted by Gasteiger charge is -2.41. The Morgan fingerprint density at radius 1 is 1.11 bits per heavy atom. The minimum atomic E-state index is -0.677. The summed E-state index contributed by atoms with van der Waals surface area (Å²) in [6.45, 7) is 19.1. The van der Waals surface area contributed by atoms with E-state index in [1.807, 2.05) is 26.8 Å². The summed E-state index contributed by atoms with van der Waals surface area (Å²) >= 11 is 0. The molecule has 7 nitrogen and oxygen atoms in total. The highest BCUT2D eigenvalue weighted by Gasteiger charge is 2.40. The molecule has 1 saturated heterocycles. The smallest absolute Gasteiger partial charge is 0.333 e. The number of carbonyl (C=O) groups is 3. The van der Waals surface area contributed by atoms with Gasteiger partial charge in [0, 0.05) is 18.7 Å². The van der Waals surface area contributed by atoms with E-state index in [-0.39, 0.29) is 35.8 Å². The van der Waals surface area contributed by atoms with E-state index in [1.54, 1.807) is 25.8 Å². The maximum atomic E-state index is 13.9. The Balaban J connectivity index is 3.22. The number of hydrogen-bond donors (Lipinski definition) is 1. The summed E-state index contributed by atoms with van der Waals surface area (Å²) in [5.74, 6) is -0.450. The number of amides is 2. The third-order valence-corrected chi connectivity index (χ3v) is 7.44. The lowest BCUT2D eigenvalue weighted by atomic mass is 9.84. The Labute approximate surface area is 214 Å². The molecule has 0 saturated carbocycles. The molecule has 1 aliphatic rings. The van der Waals surface area contributed by atoms with Crippen molar-refractivity contribution < 1.29 is 19.1 Å². The van der Waals surface area contributed by atoms with Crippen molar-refractivity contribution in [2.75, 3.05) is 20.2 Å². The number of hydrogen-bond acceptors (Lipinski definition) is 5. The molecule has 1 rings (SSSR count). The number of likely N-dealkylation sites (tertiary alicyclic amines) is 1. The second-order valence-electron chi connectivity index (χ2n) is 11.2. The van der Waals surface area contributed by atoms with Gasteiger partial charge >= 0.3 is 5.97 Å². The molecule has 0 aromatic carbocycles. The van der Waals surface area contributed by atoms with Gasteiger partial charge in [0.15, 0.2) is 0 Å². The normalized spacial score (nSPS) is 21.0. The molecule has 1 heterocycles. The van der Waals surface area contributed by atoms with E-state index in [9.17, 15) is 14.4 Å². The van der Waals surface area contributed by atoms with E-state index < -0.39 is 11.5 Å². The summed E-state index contributed by atoms with van der Waals surface area (Å²) in [6, 6.07) is -0.852. The number of esters is 1. The third-order valence-electron chi connectivity index (χ3n) is 7.44. The molecule has 0 bridgehead atoms. The molecule has 35 heavy (non-hydrogen) atoms. The number of nitrogens with zero attached hydrogens (tertiary/aromatic N) is 2. The molecule has 1 fully saturated rings. The van der Waals surface area contributed by atoms with Crippen molar-refractivity contribution in [2.24, 2.45) is 11.3 Å². The lowest BCUT2D eigenvalue weighted by Crippen LogP contribution is -2.60. The molecule has 1 aliphatic heterocycles. The first-order chi connectivity index (χ1) is 16.3. The Bertz CT molecular complexity index is 743. The van der Waals surface area contributed by atoms with Crippen LogP contribution in [0.2, 0.25) is 0 Å². The third kappa shape index (κ3) is 8.62. The van der Waals surface area contributed by atoms with Crippen LogP contribution in [0.3, 0.4) is 0 Å². The van der Waals surface area contributed by atoms with Crippen LogP contribution in [0.25, 0.3) is 0 Å². The van der Waals surface area contributed by atoms with Gasteiger partial charge in [-0.1, -0.05) is 60.5 Å². The van der Waals surface area contributed by atoms with E-state index in [0.717, 1.165) is 38.6 Å². The molecule has 202 valence electrons. The minimum absolute atomic E-state index is 0.0648. The number of rotatable bonds is 11. The summed E-state index contributed by atoms with van der Waals surface area (Å²) in [5.41, 5.74) is 0.0103. The van der Waals surface area contributed by atoms with Gasteiger partial charge in [0.2, 0.25) is 11.8 Å². The van der Waals surface area contributed by atoms with Gasteiger partial charge in [-0.2, -0.15) is 0 Å². The highest BCUT2D eigenvalue weighted by Crippen LogP contribution is 2.26. The Hall–Kier alpha value is -1.89. The second kappa shape index (κ2) is 14.0. The first-order valence-electron chi connectivity index (χ1n) is 13.5. The van der Waals surface area contributed by atoms with Crippen LogP contribution in [0.4, 0.5) is 0 Å². The zero-order valence-corrected chi connectivity index (χ0v) is 23.9. The molecule has 0 aromatic heterocycles. The van der Waals surface area contributed by atoms with Crippen molar-refractivity contribution in [1.29, 1.82) is 0 Å². The minimum Gasteiger partial charge on any atom is -0.463 e. The van der Waals surface area contributed by atoms with Crippen molar-refractivity contribution in [3.63, 3.8) is 0 Å². The second-order valence-corrected chi connectivity index (χ2v) is 11.2. The van der Waals surface area contributed by atoms with Crippen molar-refractivity contribution in [3.05, 3.63) is 11.6 Å². The lowest BCUT2D eigenvalue weighted by molar-refractivity contribution is -0.142. The summed E-state index contributed by atoms with van der Waals surface area (Å²) in [7, 11) is 1.77. The number of likely N-dealkylation sites (N-methyl/N-ethyl adjacent to an activating group) is 1. The van der Waals surface area contributed by atoms with E-state index in [4.69, 9.17) is 4.74 Å². The van der Waals surface area contributed by atoms with Gasteiger partial charge in [0.25, 0.3) is 0 Å². The van der Waals surface area contributed by atoms with Gasteiger partial charge in [-0.15, -0.1) is 0 Å². The van der Waals surface area contributed by atoms with Crippen LogP contribution in [-0.2, 0) is 19.1 Å². The number of ether oxygens (including phenoxy) is 1. The van der Waals surface area contributed by atoms with Crippen molar-refractivity contribution in [2.45, 2.75) is 119 Å². The average molecular weight is 494 g/mol. The largest absolute Gasteiger partial charge is 0.463 e. The SMILES string of the molecule is CCOC(=O)/C(C)=C/[C@H]([C@@H](C)CC)N(C)C(=O)[C@@H](NC(=O)[C@H]1CCCCN1C(C)CC)C(C)(C)C. The molecule has 0 radical (unpaired) electrons. The summed E-state index contributed by atoms with van der Waals surface area (Å²) in [4.78, 5) is 43.6. The van der Waals surface area contributed by atoms with Crippen LogP contribution in [0.15, 0.2) is 11.6 Å². The fourth-order valence-corrected chi connectivity index (χ4v) is 4.70. The van der Waals surface area contributed by atoms with Gasteiger partial charge in [-0.25, -0.2) is 4.79 Å². The Morgan fingerprint density at radius 2 is 1.74 bits per heavy atom. The predicted molar refractivity (Wildman–Crippen MR) is 142 cm³/mol. The molecule has 1 N–H and O–H groups in total. The molecular weight excluding hydrogens is 442 g/mol. The van der Waals surface area contributed by atoms with E-state index in [0.29, 0.717) is 18.2 Å². The zero-order chi connectivity index (χ0) is 26.9. The van der Waals surface area contributed by atoms with Gasteiger partial charge < -0.3 is 15.0 Å². The quantitative estimate of drug-likeness (QED) is 0.337. The van der Waals surface area contributed by atoms with E-state index in [1.165, 1.54) is 0 Å². The zero-order valence-electron chi connectivity index (χ0n) is 23.9. The van der Waals surface area contributed by atoms with E-state index in [2.05, 4.69) is 37.9 Å². The van der Waals surface area contributed by atoms with Gasteiger partial charge in [0.05, 0.1) is 18.7 Å². The monoisotopic (exact) mass is 493 g/mol. The van der Waals surface area contributed by atoms with Crippen LogP contribution >= 0.6 is 0 Å². The van der Waals surface area contributed by atoms with Crippen molar-refractivity contribution in [3.8, 4) is 0 Å². The molecule has 7 heteroatoms. The summed E-state index contributed by atoms with van der Waals surface area (Å²) in [5, 5.41) is 3.14. The summed E-state index contributed by atoms with van der Waals surface area (Å²) in [6.07, 6.45) is 6.59. The fraction of sp³-hybridized carbons (Fsp3) is 0.821. The van der Waals surface area contributed by atoms with Gasteiger partial charge in [-0.3, -0.25) is 14.5 Å². The van der Waals surface area contributed by atoms with Crippen LogP contribution in [0.5, 0.6) is 0 Å². The first-order valence-corrected chi connectivity index (χ1v) is 13.5. The molecule has 2 amide bonds. The van der Waals surface area contributed by atoms with Crippen LogP contribution < -0.4 is 5.32 Å².